The van der Waals surface area contributed by atoms with Gasteiger partial charge in [0.15, 0.2) is 0 Å². The summed E-state index contributed by atoms with van der Waals surface area (Å²) in [6.45, 7) is 2.04. The number of hydrogen-bond donors (Lipinski definition) is 1. The number of fused-ring (bicyclic) bond motifs is 1. The smallest absolute Gasteiger partial charge is 0.149 e. The molecule has 6 heteroatoms. The predicted molar refractivity (Wildman–Crippen MR) is 81.5 cm³/mol. The zero-order valence-electron chi connectivity index (χ0n) is 12.1. The third-order valence-electron chi connectivity index (χ3n) is 3.49. The van der Waals surface area contributed by atoms with Crippen LogP contribution in [0.2, 0.25) is 0 Å². The molecule has 3 aromatic rings. The molecule has 0 amide bonds. The van der Waals surface area contributed by atoms with Gasteiger partial charge in [0, 0.05) is 6.07 Å². The average molecular weight is 302 g/mol. The van der Waals surface area contributed by atoms with Crippen molar-refractivity contribution in [2.24, 2.45) is 0 Å². The highest BCUT2D eigenvalue weighted by Crippen LogP contribution is 2.24. The fourth-order valence-corrected chi connectivity index (χ4v) is 2.43. The van der Waals surface area contributed by atoms with Crippen molar-refractivity contribution in [2.75, 3.05) is 5.32 Å². The maximum atomic E-state index is 13.9. The van der Waals surface area contributed by atoms with Crippen molar-refractivity contribution in [1.29, 1.82) is 0 Å². The Labute approximate surface area is 126 Å². The lowest BCUT2D eigenvalue weighted by Gasteiger charge is -2.20. The molecule has 0 bridgehead atoms. The number of nitrogens with one attached hydrogen (secondary N) is 1. The predicted octanol–water partition coefficient (Wildman–Crippen LogP) is 4.12. The van der Waals surface area contributed by atoms with Crippen molar-refractivity contribution in [2.45, 2.75) is 25.9 Å². The van der Waals surface area contributed by atoms with E-state index in [-0.39, 0.29) is 11.9 Å². The summed E-state index contributed by atoms with van der Waals surface area (Å²) in [4.78, 5) is 0. The Balaban J connectivity index is 1.96. The first-order chi connectivity index (χ1) is 10.7. The second kappa shape index (κ2) is 6.09. The number of hydrogen-bond acceptors (Lipinski definition) is 3. The summed E-state index contributed by atoms with van der Waals surface area (Å²) in [6.07, 6.45) is 1.37. The van der Waals surface area contributed by atoms with Crippen LogP contribution in [0.4, 0.5) is 14.5 Å². The van der Waals surface area contributed by atoms with Crippen molar-refractivity contribution in [3.8, 4) is 0 Å². The van der Waals surface area contributed by atoms with E-state index in [1.165, 1.54) is 12.1 Å². The van der Waals surface area contributed by atoms with Gasteiger partial charge in [-0.3, -0.25) is 0 Å². The van der Waals surface area contributed by atoms with Crippen LogP contribution >= 0.6 is 0 Å². The molecule has 0 spiro atoms. The summed E-state index contributed by atoms with van der Waals surface area (Å²) in [6, 6.07) is 11.1. The van der Waals surface area contributed by atoms with Crippen molar-refractivity contribution in [1.82, 2.24) is 15.0 Å². The third-order valence-corrected chi connectivity index (χ3v) is 3.49. The van der Waals surface area contributed by atoms with Gasteiger partial charge in [-0.25, -0.2) is 13.5 Å². The molecular formula is C16H16F2N4. The first kappa shape index (κ1) is 14.4. The van der Waals surface area contributed by atoms with Crippen molar-refractivity contribution in [3.63, 3.8) is 0 Å². The number of aromatic nitrogens is 3. The van der Waals surface area contributed by atoms with Gasteiger partial charge < -0.3 is 5.32 Å². The van der Waals surface area contributed by atoms with Gasteiger partial charge in [0.2, 0.25) is 0 Å². The van der Waals surface area contributed by atoms with Crippen LogP contribution in [0, 0.1) is 11.6 Å². The summed E-state index contributed by atoms with van der Waals surface area (Å²) < 4.78 is 28.6. The molecule has 1 atom stereocenters. The van der Waals surface area contributed by atoms with E-state index in [1.807, 2.05) is 31.2 Å². The number of benzene rings is 2. The van der Waals surface area contributed by atoms with E-state index in [0.717, 1.165) is 29.9 Å². The molecule has 0 unspecified atom stereocenters. The summed E-state index contributed by atoms with van der Waals surface area (Å²) in [5.74, 6) is -1.22. The zero-order chi connectivity index (χ0) is 15.5. The highest BCUT2D eigenvalue weighted by molar-refractivity contribution is 5.74. The maximum Gasteiger partial charge on any atom is 0.149 e. The second-order valence-electron chi connectivity index (χ2n) is 5.10. The molecule has 0 aliphatic heterocycles. The van der Waals surface area contributed by atoms with E-state index in [4.69, 9.17) is 0 Å². The first-order valence-electron chi connectivity index (χ1n) is 7.20. The first-order valence-corrected chi connectivity index (χ1v) is 7.20. The molecule has 0 radical (unpaired) electrons. The summed E-state index contributed by atoms with van der Waals surface area (Å²) >= 11 is 0. The van der Waals surface area contributed by atoms with Gasteiger partial charge in [-0.1, -0.05) is 30.7 Å². The standard InChI is InChI=1S/C16H16F2N4/c1-2-5-16(19-13-9-8-11(17)10-12(13)18)22-15-7-4-3-6-14(15)20-21-22/h3-4,6-10,16,19H,2,5H2,1H3/t16-/m0/s1. The Morgan fingerprint density at radius 3 is 2.77 bits per heavy atom. The molecule has 0 fully saturated rings. The Kier molecular flexibility index (Phi) is 4.00. The molecule has 3 rings (SSSR count). The minimum atomic E-state index is -0.620. The lowest BCUT2D eigenvalue weighted by molar-refractivity contribution is 0.463. The Morgan fingerprint density at radius 2 is 2.00 bits per heavy atom. The topological polar surface area (TPSA) is 42.7 Å². The van der Waals surface area contributed by atoms with Crippen molar-refractivity contribution >= 4 is 16.7 Å². The van der Waals surface area contributed by atoms with Gasteiger partial charge in [-0.2, -0.15) is 0 Å². The lowest BCUT2D eigenvalue weighted by atomic mass is 10.2. The molecule has 2 aromatic carbocycles. The molecule has 0 saturated carbocycles. The molecule has 0 aliphatic carbocycles. The van der Waals surface area contributed by atoms with E-state index in [2.05, 4.69) is 15.6 Å². The Bertz CT molecular complexity index is 785. The van der Waals surface area contributed by atoms with Crippen molar-refractivity contribution < 1.29 is 8.78 Å². The summed E-state index contributed by atoms with van der Waals surface area (Å²) in [7, 11) is 0. The number of rotatable bonds is 5. The van der Waals surface area contributed by atoms with Gasteiger partial charge in [0.05, 0.1) is 11.2 Å². The fourth-order valence-electron chi connectivity index (χ4n) is 2.43. The normalized spacial score (nSPS) is 12.5. The second-order valence-corrected chi connectivity index (χ2v) is 5.10. The summed E-state index contributed by atoms with van der Waals surface area (Å²) in [5, 5.41) is 11.4. The van der Waals surface area contributed by atoms with Crippen LogP contribution in [0.15, 0.2) is 42.5 Å². The van der Waals surface area contributed by atoms with Crippen LogP contribution in [-0.2, 0) is 0 Å². The minimum Gasteiger partial charge on any atom is -0.361 e. The van der Waals surface area contributed by atoms with Crippen LogP contribution in [0.3, 0.4) is 0 Å². The average Bonchev–Trinajstić information content (AvgIpc) is 2.93. The largest absolute Gasteiger partial charge is 0.361 e. The molecule has 0 saturated heterocycles. The van der Waals surface area contributed by atoms with Gasteiger partial charge in [0.1, 0.15) is 23.3 Å². The highest BCUT2D eigenvalue weighted by Gasteiger charge is 2.16. The molecule has 4 nitrogen and oxygen atoms in total. The molecule has 0 aliphatic rings. The number of para-hydroxylation sites is 1. The number of anilines is 1. The fraction of sp³-hybridized carbons (Fsp3) is 0.250. The van der Waals surface area contributed by atoms with E-state index in [1.54, 1.807) is 4.68 Å². The van der Waals surface area contributed by atoms with Gasteiger partial charge in [-0.05, 0) is 30.7 Å². The monoisotopic (exact) mass is 302 g/mol. The Hall–Kier alpha value is -2.50. The number of halogens is 2. The molecule has 22 heavy (non-hydrogen) atoms. The highest BCUT2D eigenvalue weighted by atomic mass is 19.1. The van der Waals surface area contributed by atoms with Gasteiger partial charge in [0.25, 0.3) is 0 Å². The van der Waals surface area contributed by atoms with Crippen LogP contribution in [0.25, 0.3) is 11.0 Å². The van der Waals surface area contributed by atoms with E-state index >= 15 is 0 Å². The Morgan fingerprint density at radius 1 is 1.18 bits per heavy atom. The van der Waals surface area contributed by atoms with Crippen molar-refractivity contribution in [3.05, 3.63) is 54.1 Å². The van der Waals surface area contributed by atoms with Crippen LogP contribution < -0.4 is 5.32 Å². The van der Waals surface area contributed by atoms with Crippen LogP contribution in [0.1, 0.15) is 25.9 Å². The lowest BCUT2D eigenvalue weighted by Crippen LogP contribution is -2.20. The number of nitrogens with zero attached hydrogens (tertiary/aromatic N) is 3. The molecule has 114 valence electrons. The summed E-state index contributed by atoms with van der Waals surface area (Å²) in [5.41, 5.74) is 1.90. The van der Waals surface area contributed by atoms with Gasteiger partial charge >= 0.3 is 0 Å². The SMILES string of the molecule is CCC[C@@H](Nc1ccc(F)cc1F)n1nnc2ccccc21. The third kappa shape index (κ3) is 2.77. The molecule has 1 heterocycles. The maximum absolute atomic E-state index is 13.9. The van der Waals surface area contributed by atoms with E-state index < -0.39 is 11.6 Å². The van der Waals surface area contributed by atoms with Crippen LogP contribution in [-0.4, -0.2) is 15.0 Å². The minimum absolute atomic E-state index is 0.249. The molecule has 1 N–H and O–H groups in total. The van der Waals surface area contributed by atoms with Gasteiger partial charge in [-0.15, -0.1) is 5.10 Å². The quantitative estimate of drug-likeness (QED) is 0.771. The zero-order valence-corrected chi connectivity index (χ0v) is 12.1. The molecular weight excluding hydrogens is 286 g/mol. The van der Waals surface area contributed by atoms with Crippen LogP contribution in [0.5, 0.6) is 0 Å². The van der Waals surface area contributed by atoms with E-state index in [0.29, 0.717) is 0 Å². The van der Waals surface area contributed by atoms with E-state index in [9.17, 15) is 8.78 Å². The molecule has 1 aromatic heterocycles.